The molecule has 0 radical (unpaired) electrons. The van der Waals surface area contributed by atoms with E-state index in [1.165, 1.54) is 5.56 Å². The molecule has 1 amide bonds. The van der Waals surface area contributed by atoms with Crippen molar-refractivity contribution in [2.45, 2.75) is 20.8 Å². The third-order valence-corrected chi connectivity index (χ3v) is 3.03. The summed E-state index contributed by atoms with van der Waals surface area (Å²) in [5.74, 6) is -0.0206. The molecule has 4 heteroatoms. The van der Waals surface area contributed by atoms with E-state index in [0.717, 1.165) is 5.56 Å². The van der Waals surface area contributed by atoms with Crippen LogP contribution in [0.1, 0.15) is 28.4 Å². The number of rotatable bonds is 6. The molecular weight excluding hydrogens is 240 g/mol. The Balaban J connectivity index is 2.59. The number of aryl methyl sites for hydroxylation is 2. The van der Waals surface area contributed by atoms with Gasteiger partial charge >= 0.3 is 0 Å². The molecule has 0 spiro atoms. The number of carbonyl (C=O) groups is 2. The molecule has 104 valence electrons. The van der Waals surface area contributed by atoms with Crippen LogP contribution in [0.2, 0.25) is 0 Å². The Labute approximate surface area is 114 Å². The maximum Gasteiger partial charge on any atom is 0.234 e. The Kier molecular flexibility index (Phi) is 5.70. The smallest absolute Gasteiger partial charge is 0.234 e. The summed E-state index contributed by atoms with van der Waals surface area (Å²) in [7, 11) is 1.77. The molecule has 0 aliphatic heterocycles. The van der Waals surface area contributed by atoms with E-state index in [4.69, 9.17) is 0 Å². The SMILES string of the molecule is CCNC(=O)CN(C)CC(=O)c1ccc(C)c(C)c1. The molecule has 0 aromatic heterocycles. The molecule has 0 heterocycles. The van der Waals surface area contributed by atoms with Crippen molar-refractivity contribution in [3.63, 3.8) is 0 Å². The van der Waals surface area contributed by atoms with Crippen molar-refractivity contribution in [2.75, 3.05) is 26.7 Å². The zero-order chi connectivity index (χ0) is 14.4. The molecule has 1 N–H and O–H groups in total. The normalized spacial score (nSPS) is 10.6. The van der Waals surface area contributed by atoms with E-state index < -0.39 is 0 Å². The summed E-state index contributed by atoms with van der Waals surface area (Å²) in [5.41, 5.74) is 2.98. The van der Waals surface area contributed by atoms with Crippen LogP contribution in [0.15, 0.2) is 18.2 Å². The Morgan fingerprint density at radius 2 is 1.84 bits per heavy atom. The second-order valence-corrected chi connectivity index (χ2v) is 4.85. The molecule has 0 unspecified atom stereocenters. The average Bonchev–Trinajstić information content (AvgIpc) is 2.32. The predicted octanol–water partition coefficient (Wildman–Crippen LogP) is 1.55. The lowest BCUT2D eigenvalue weighted by molar-refractivity contribution is -0.121. The van der Waals surface area contributed by atoms with Crippen LogP contribution in [0.4, 0.5) is 0 Å². The number of hydrogen-bond donors (Lipinski definition) is 1. The highest BCUT2D eigenvalue weighted by atomic mass is 16.2. The van der Waals surface area contributed by atoms with E-state index in [0.29, 0.717) is 12.1 Å². The van der Waals surface area contributed by atoms with Crippen molar-refractivity contribution in [1.82, 2.24) is 10.2 Å². The number of likely N-dealkylation sites (N-methyl/N-ethyl adjacent to an activating group) is 2. The zero-order valence-corrected chi connectivity index (χ0v) is 12.1. The first-order valence-electron chi connectivity index (χ1n) is 6.49. The lowest BCUT2D eigenvalue weighted by Crippen LogP contribution is -2.37. The van der Waals surface area contributed by atoms with Crippen LogP contribution < -0.4 is 5.32 Å². The molecule has 0 saturated carbocycles. The van der Waals surface area contributed by atoms with E-state index in [1.807, 2.05) is 39.0 Å². The largest absolute Gasteiger partial charge is 0.355 e. The minimum atomic E-state index is -0.0575. The zero-order valence-electron chi connectivity index (χ0n) is 12.1. The van der Waals surface area contributed by atoms with E-state index >= 15 is 0 Å². The molecule has 0 saturated heterocycles. The highest BCUT2D eigenvalue weighted by Crippen LogP contribution is 2.10. The monoisotopic (exact) mass is 262 g/mol. The van der Waals surface area contributed by atoms with Gasteiger partial charge in [0.05, 0.1) is 13.1 Å². The quantitative estimate of drug-likeness (QED) is 0.791. The fourth-order valence-corrected chi connectivity index (χ4v) is 1.81. The third-order valence-electron chi connectivity index (χ3n) is 3.03. The van der Waals surface area contributed by atoms with Crippen molar-refractivity contribution in [3.05, 3.63) is 34.9 Å². The molecule has 19 heavy (non-hydrogen) atoms. The number of Topliss-reactive ketones (excluding diaryl/α,β-unsaturated/α-hetero) is 1. The fraction of sp³-hybridized carbons (Fsp3) is 0.467. The highest BCUT2D eigenvalue weighted by molar-refractivity contribution is 5.98. The van der Waals surface area contributed by atoms with Gasteiger partial charge in [-0.2, -0.15) is 0 Å². The first-order valence-corrected chi connectivity index (χ1v) is 6.49. The van der Waals surface area contributed by atoms with Crippen LogP contribution in [0.5, 0.6) is 0 Å². The van der Waals surface area contributed by atoms with E-state index in [-0.39, 0.29) is 24.8 Å². The van der Waals surface area contributed by atoms with Crippen LogP contribution in [-0.2, 0) is 4.79 Å². The predicted molar refractivity (Wildman–Crippen MR) is 76.4 cm³/mol. The van der Waals surface area contributed by atoms with Gasteiger partial charge in [-0.15, -0.1) is 0 Å². The summed E-state index contributed by atoms with van der Waals surface area (Å²) in [6, 6.07) is 5.69. The van der Waals surface area contributed by atoms with Crippen LogP contribution in [-0.4, -0.2) is 43.3 Å². The lowest BCUT2D eigenvalue weighted by Gasteiger charge is -2.15. The number of benzene rings is 1. The molecular formula is C15H22N2O2. The maximum absolute atomic E-state index is 12.1. The van der Waals surface area contributed by atoms with Gasteiger partial charge in [0.1, 0.15) is 0 Å². The molecule has 4 nitrogen and oxygen atoms in total. The van der Waals surface area contributed by atoms with Crippen LogP contribution >= 0.6 is 0 Å². The van der Waals surface area contributed by atoms with Gasteiger partial charge in [-0.3, -0.25) is 14.5 Å². The van der Waals surface area contributed by atoms with E-state index in [9.17, 15) is 9.59 Å². The molecule has 0 bridgehead atoms. The van der Waals surface area contributed by atoms with Gasteiger partial charge in [-0.05, 0) is 45.0 Å². The topological polar surface area (TPSA) is 49.4 Å². The minimum absolute atomic E-state index is 0.0369. The van der Waals surface area contributed by atoms with Gasteiger partial charge in [-0.25, -0.2) is 0 Å². The number of hydrogen-bond acceptors (Lipinski definition) is 3. The molecule has 0 aliphatic rings. The Hall–Kier alpha value is -1.68. The van der Waals surface area contributed by atoms with Crippen molar-refractivity contribution < 1.29 is 9.59 Å². The number of nitrogens with zero attached hydrogens (tertiary/aromatic N) is 1. The Morgan fingerprint density at radius 1 is 1.16 bits per heavy atom. The Bertz CT molecular complexity index is 469. The molecule has 0 aliphatic carbocycles. The molecule has 0 atom stereocenters. The molecule has 0 fully saturated rings. The lowest BCUT2D eigenvalue weighted by atomic mass is 10.0. The van der Waals surface area contributed by atoms with Crippen LogP contribution in [0.25, 0.3) is 0 Å². The summed E-state index contributed by atoms with van der Waals surface area (Å²) >= 11 is 0. The van der Waals surface area contributed by atoms with Crippen molar-refractivity contribution >= 4 is 11.7 Å². The van der Waals surface area contributed by atoms with Crippen LogP contribution in [0, 0.1) is 13.8 Å². The number of amides is 1. The summed E-state index contributed by atoms with van der Waals surface area (Å²) in [5, 5.41) is 2.71. The average molecular weight is 262 g/mol. The summed E-state index contributed by atoms with van der Waals surface area (Å²) in [6.07, 6.45) is 0. The second-order valence-electron chi connectivity index (χ2n) is 4.85. The van der Waals surface area contributed by atoms with Gasteiger partial charge in [-0.1, -0.05) is 12.1 Å². The molecule has 1 aromatic carbocycles. The standard InChI is InChI=1S/C15H22N2O2/c1-5-16-15(19)10-17(4)9-14(18)13-7-6-11(2)12(3)8-13/h6-8H,5,9-10H2,1-4H3,(H,16,19). The van der Waals surface area contributed by atoms with Crippen molar-refractivity contribution in [1.29, 1.82) is 0 Å². The van der Waals surface area contributed by atoms with Crippen LogP contribution in [0.3, 0.4) is 0 Å². The van der Waals surface area contributed by atoms with Gasteiger partial charge in [0.2, 0.25) is 5.91 Å². The van der Waals surface area contributed by atoms with E-state index in [2.05, 4.69) is 5.32 Å². The van der Waals surface area contributed by atoms with Gasteiger partial charge in [0.25, 0.3) is 0 Å². The van der Waals surface area contributed by atoms with Gasteiger partial charge < -0.3 is 5.32 Å². The summed E-state index contributed by atoms with van der Waals surface area (Å²) in [6.45, 7) is 6.98. The summed E-state index contributed by atoms with van der Waals surface area (Å²) in [4.78, 5) is 25.2. The van der Waals surface area contributed by atoms with Gasteiger partial charge in [0, 0.05) is 12.1 Å². The fourth-order valence-electron chi connectivity index (χ4n) is 1.81. The molecule has 1 rings (SSSR count). The Morgan fingerprint density at radius 3 is 2.42 bits per heavy atom. The maximum atomic E-state index is 12.1. The number of carbonyl (C=O) groups excluding carboxylic acids is 2. The van der Waals surface area contributed by atoms with Gasteiger partial charge in [0.15, 0.2) is 5.78 Å². The third kappa shape index (κ3) is 4.83. The highest BCUT2D eigenvalue weighted by Gasteiger charge is 2.12. The van der Waals surface area contributed by atoms with Crippen molar-refractivity contribution in [3.8, 4) is 0 Å². The number of ketones is 1. The second kappa shape index (κ2) is 7.04. The first-order chi connectivity index (χ1) is 8.93. The molecule has 1 aromatic rings. The van der Waals surface area contributed by atoms with E-state index in [1.54, 1.807) is 11.9 Å². The minimum Gasteiger partial charge on any atom is -0.355 e. The van der Waals surface area contributed by atoms with Crippen molar-refractivity contribution in [2.24, 2.45) is 0 Å². The first kappa shape index (κ1) is 15.4. The summed E-state index contributed by atoms with van der Waals surface area (Å²) < 4.78 is 0. The number of nitrogens with one attached hydrogen (secondary N) is 1.